The quantitative estimate of drug-likeness (QED) is 0.584. The molecule has 0 aromatic carbocycles. The van der Waals surface area contributed by atoms with Gasteiger partial charge in [-0.25, -0.2) is 0 Å². The first-order valence-electron chi connectivity index (χ1n) is 4.20. The predicted octanol–water partition coefficient (Wildman–Crippen LogP) is -0.210. The molecular weight excluding hydrogens is 140 g/mol. The van der Waals surface area contributed by atoms with Crippen LogP contribution in [-0.2, 0) is 0 Å². The van der Waals surface area contributed by atoms with E-state index in [0.29, 0.717) is 0 Å². The molecule has 0 radical (unpaired) electrons. The first-order valence-corrected chi connectivity index (χ1v) is 4.20. The number of hydrogen-bond donors (Lipinski definition) is 2. The standard InChI is InChI=1S/C8H18N2O/c1-7(9)5-10-4-3-8(2,11)6-10/h7,11H,3-6,9H2,1-2H3/t7-,8-/m1/s1. The highest BCUT2D eigenvalue weighted by molar-refractivity contribution is 4.86. The molecule has 1 rings (SSSR count). The van der Waals surface area contributed by atoms with Crippen molar-refractivity contribution in [3.8, 4) is 0 Å². The molecule has 0 saturated carbocycles. The van der Waals surface area contributed by atoms with Crippen LogP contribution < -0.4 is 5.73 Å². The van der Waals surface area contributed by atoms with Gasteiger partial charge in [0.05, 0.1) is 5.60 Å². The number of likely N-dealkylation sites (tertiary alicyclic amines) is 1. The topological polar surface area (TPSA) is 49.5 Å². The highest BCUT2D eigenvalue weighted by atomic mass is 16.3. The Hall–Kier alpha value is -0.120. The molecule has 66 valence electrons. The summed E-state index contributed by atoms with van der Waals surface area (Å²) in [6.45, 7) is 6.53. The molecule has 0 aromatic rings. The van der Waals surface area contributed by atoms with E-state index in [2.05, 4.69) is 4.90 Å². The van der Waals surface area contributed by atoms with Crippen molar-refractivity contribution in [3.05, 3.63) is 0 Å². The molecule has 1 aliphatic heterocycles. The van der Waals surface area contributed by atoms with Gasteiger partial charge in [-0.05, 0) is 20.3 Å². The Morgan fingerprint density at radius 1 is 1.73 bits per heavy atom. The molecule has 1 saturated heterocycles. The summed E-state index contributed by atoms with van der Waals surface area (Å²) < 4.78 is 0. The summed E-state index contributed by atoms with van der Waals surface area (Å²) in [5.74, 6) is 0. The molecule has 1 heterocycles. The van der Waals surface area contributed by atoms with Crippen LogP contribution in [0.2, 0.25) is 0 Å². The third-order valence-electron chi connectivity index (χ3n) is 2.08. The molecule has 0 aliphatic carbocycles. The van der Waals surface area contributed by atoms with Crippen LogP contribution in [0.3, 0.4) is 0 Å². The van der Waals surface area contributed by atoms with Crippen molar-refractivity contribution < 1.29 is 5.11 Å². The maximum absolute atomic E-state index is 9.60. The Kier molecular flexibility index (Phi) is 2.52. The Balaban J connectivity index is 2.31. The molecule has 0 amide bonds. The third kappa shape index (κ3) is 2.77. The summed E-state index contributed by atoms with van der Waals surface area (Å²) >= 11 is 0. The zero-order valence-electron chi connectivity index (χ0n) is 7.38. The van der Waals surface area contributed by atoms with E-state index < -0.39 is 5.60 Å². The molecule has 2 atom stereocenters. The zero-order chi connectivity index (χ0) is 8.48. The first kappa shape index (κ1) is 8.97. The van der Waals surface area contributed by atoms with Gasteiger partial charge in [-0.3, -0.25) is 4.90 Å². The van der Waals surface area contributed by atoms with Crippen LogP contribution >= 0.6 is 0 Å². The molecule has 0 aromatic heterocycles. The second-order valence-corrected chi connectivity index (χ2v) is 3.96. The maximum Gasteiger partial charge on any atom is 0.0758 e. The van der Waals surface area contributed by atoms with Gasteiger partial charge in [0.1, 0.15) is 0 Å². The van der Waals surface area contributed by atoms with Crippen LogP contribution in [0.5, 0.6) is 0 Å². The van der Waals surface area contributed by atoms with Crippen LogP contribution in [-0.4, -0.2) is 41.3 Å². The fraction of sp³-hybridized carbons (Fsp3) is 1.00. The Morgan fingerprint density at radius 3 is 2.73 bits per heavy atom. The van der Waals surface area contributed by atoms with Gasteiger partial charge in [0.25, 0.3) is 0 Å². The molecule has 3 heteroatoms. The smallest absolute Gasteiger partial charge is 0.0758 e. The molecule has 1 fully saturated rings. The van der Waals surface area contributed by atoms with Gasteiger partial charge in [0.2, 0.25) is 0 Å². The second-order valence-electron chi connectivity index (χ2n) is 3.96. The van der Waals surface area contributed by atoms with E-state index in [1.807, 2.05) is 13.8 Å². The van der Waals surface area contributed by atoms with Gasteiger partial charge in [0.15, 0.2) is 0 Å². The number of rotatable bonds is 2. The van der Waals surface area contributed by atoms with Crippen LogP contribution in [0.25, 0.3) is 0 Å². The summed E-state index contributed by atoms with van der Waals surface area (Å²) in [5.41, 5.74) is 5.16. The normalized spacial score (nSPS) is 36.0. The average Bonchev–Trinajstić information content (AvgIpc) is 2.08. The van der Waals surface area contributed by atoms with Crippen molar-refractivity contribution in [1.82, 2.24) is 4.90 Å². The lowest BCUT2D eigenvalue weighted by atomic mass is 10.1. The van der Waals surface area contributed by atoms with Crippen molar-refractivity contribution in [2.75, 3.05) is 19.6 Å². The van der Waals surface area contributed by atoms with E-state index in [4.69, 9.17) is 5.73 Å². The van der Waals surface area contributed by atoms with Crippen LogP contribution in [0, 0.1) is 0 Å². The van der Waals surface area contributed by atoms with Gasteiger partial charge in [-0.15, -0.1) is 0 Å². The molecule has 1 aliphatic rings. The van der Waals surface area contributed by atoms with E-state index >= 15 is 0 Å². The van der Waals surface area contributed by atoms with E-state index in [9.17, 15) is 5.11 Å². The molecule has 0 spiro atoms. The Morgan fingerprint density at radius 2 is 2.36 bits per heavy atom. The van der Waals surface area contributed by atoms with Crippen molar-refractivity contribution in [2.24, 2.45) is 5.73 Å². The van der Waals surface area contributed by atoms with Crippen LogP contribution in [0.15, 0.2) is 0 Å². The van der Waals surface area contributed by atoms with E-state index in [1.165, 1.54) is 0 Å². The van der Waals surface area contributed by atoms with Crippen LogP contribution in [0.1, 0.15) is 20.3 Å². The molecule has 0 bridgehead atoms. The number of β-amino-alcohol motifs (C(OH)–C–C–N with tert-alkyl or cyclic N) is 1. The zero-order valence-corrected chi connectivity index (χ0v) is 7.38. The van der Waals surface area contributed by atoms with Crippen molar-refractivity contribution in [3.63, 3.8) is 0 Å². The lowest BCUT2D eigenvalue weighted by Gasteiger charge is -2.20. The number of nitrogens with zero attached hydrogens (tertiary/aromatic N) is 1. The summed E-state index contributed by atoms with van der Waals surface area (Å²) in [4.78, 5) is 2.21. The van der Waals surface area contributed by atoms with E-state index in [-0.39, 0.29) is 6.04 Å². The Bertz CT molecular complexity index is 134. The first-order chi connectivity index (χ1) is 4.99. The molecule has 3 nitrogen and oxygen atoms in total. The summed E-state index contributed by atoms with van der Waals surface area (Å²) in [7, 11) is 0. The molecule has 3 N–H and O–H groups in total. The predicted molar refractivity (Wildman–Crippen MR) is 45.3 cm³/mol. The van der Waals surface area contributed by atoms with Crippen molar-refractivity contribution in [1.29, 1.82) is 0 Å². The summed E-state index contributed by atoms with van der Waals surface area (Å²) in [5, 5.41) is 9.60. The minimum Gasteiger partial charge on any atom is -0.389 e. The highest BCUT2D eigenvalue weighted by Crippen LogP contribution is 2.19. The molecule has 11 heavy (non-hydrogen) atoms. The van der Waals surface area contributed by atoms with Crippen LogP contribution in [0.4, 0.5) is 0 Å². The Labute approximate surface area is 68.2 Å². The van der Waals surface area contributed by atoms with Gasteiger partial charge in [0, 0.05) is 25.7 Å². The van der Waals surface area contributed by atoms with Crippen molar-refractivity contribution >= 4 is 0 Å². The highest BCUT2D eigenvalue weighted by Gasteiger charge is 2.31. The fourth-order valence-electron chi connectivity index (χ4n) is 1.60. The maximum atomic E-state index is 9.60. The molecule has 0 unspecified atom stereocenters. The summed E-state index contributed by atoms with van der Waals surface area (Å²) in [6.07, 6.45) is 0.875. The third-order valence-corrected chi connectivity index (χ3v) is 2.08. The SMILES string of the molecule is C[C@@H](N)CN1CC[C@@](C)(O)C1. The minimum absolute atomic E-state index is 0.212. The monoisotopic (exact) mass is 158 g/mol. The molecular formula is C8H18N2O. The number of aliphatic hydroxyl groups is 1. The summed E-state index contributed by atoms with van der Waals surface area (Å²) in [6, 6.07) is 0.212. The number of nitrogens with two attached hydrogens (primary N) is 1. The fourth-order valence-corrected chi connectivity index (χ4v) is 1.60. The second kappa shape index (κ2) is 3.09. The lowest BCUT2D eigenvalue weighted by molar-refractivity contribution is 0.0683. The van der Waals surface area contributed by atoms with Gasteiger partial charge >= 0.3 is 0 Å². The lowest BCUT2D eigenvalue weighted by Crippen LogP contribution is -2.36. The minimum atomic E-state index is -0.477. The van der Waals surface area contributed by atoms with Crippen molar-refractivity contribution in [2.45, 2.75) is 31.9 Å². The number of hydrogen-bond acceptors (Lipinski definition) is 3. The van der Waals surface area contributed by atoms with E-state index in [0.717, 1.165) is 26.1 Å². The van der Waals surface area contributed by atoms with E-state index in [1.54, 1.807) is 0 Å². The van der Waals surface area contributed by atoms with Gasteiger partial charge in [-0.1, -0.05) is 0 Å². The van der Waals surface area contributed by atoms with Gasteiger partial charge < -0.3 is 10.8 Å². The van der Waals surface area contributed by atoms with Gasteiger partial charge in [-0.2, -0.15) is 0 Å². The average molecular weight is 158 g/mol. The largest absolute Gasteiger partial charge is 0.389 e.